The third-order valence-electron chi connectivity index (χ3n) is 6.14. The van der Waals surface area contributed by atoms with Gasteiger partial charge < -0.3 is 10.2 Å². The number of hydrogen-bond acceptors (Lipinski definition) is 3. The molecule has 2 aliphatic rings. The van der Waals surface area contributed by atoms with E-state index in [-0.39, 0.29) is 23.0 Å². The molecule has 5 heteroatoms. The Hall–Kier alpha value is -1.00. The van der Waals surface area contributed by atoms with E-state index in [0.29, 0.717) is 11.5 Å². The summed E-state index contributed by atoms with van der Waals surface area (Å²) in [6, 6.07) is 11.2. The van der Waals surface area contributed by atoms with Gasteiger partial charge in [-0.2, -0.15) is 0 Å². The zero-order valence-electron chi connectivity index (χ0n) is 17.6. The van der Waals surface area contributed by atoms with Gasteiger partial charge in [0.25, 0.3) is 0 Å². The summed E-state index contributed by atoms with van der Waals surface area (Å²) in [6.07, 6.45) is 7.92. The van der Waals surface area contributed by atoms with Crippen LogP contribution in [0, 0.1) is 11.3 Å². The highest BCUT2D eigenvalue weighted by Crippen LogP contribution is 2.38. The summed E-state index contributed by atoms with van der Waals surface area (Å²) in [5.74, 6) is 1.70. The molecule has 156 valence electrons. The molecule has 1 aromatic rings. The number of rotatable bonds is 5. The summed E-state index contributed by atoms with van der Waals surface area (Å²) in [6.45, 7) is 10.1. The maximum absolute atomic E-state index is 6.79. The summed E-state index contributed by atoms with van der Waals surface area (Å²) in [4.78, 5) is 6.93. The Balaban J connectivity index is 0.00000280. The molecular formula is C23H35BrClN3. The van der Waals surface area contributed by atoms with E-state index >= 15 is 0 Å². The van der Waals surface area contributed by atoms with Crippen LogP contribution in [0.25, 0.3) is 0 Å². The molecule has 1 aliphatic heterocycles. The number of aliphatic imine (C=N–C) groups is 1. The smallest absolute Gasteiger partial charge is 0.144 e. The second kappa shape index (κ2) is 10.2. The van der Waals surface area contributed by atoms with Crippen molar-refractivity contribution in [1.29, 1.82) is 0 Å². The van der Waals surface area contributed by atoms with E-state index in [9.17, 15) is 0 Å². The van der Waals surface area contributed by atoms with Crippen molar-refractivity contribution in [2.45, 2.75) is 78.4 Å². The fraction of sp³-hybridized carbons (Fsp3) is 0.609. The van der Waals surface area contributed by atoms with Gasteiger partial charge >= 0.3 is 0 Å². The van der Waals surface area contributed by atoms with Gasteiger partial charge in [-0.1, -0.05) is 69.6 Å². The Morgan fingerprint density at radius 2 is 1.75 bits per heavy atom. The van der Waals surface area contributed by atoms with Gasteiger partial charge in [0.05, 0.1) is 17.4 Å². The molecule has 1 fully saturated rings. The first kappa shape index (κ1) is 23.3. The number of hydrogen-bond donors (Lipinski definition) is 1. The zero-order chi connectivity index (χ0) is 19.4. The normalized spacial score (nSPS) is 25.5. The third kappa shape index (κ3) is 5.76. The van der Waals surface area contributed by atoms with Crippen LogP contribution in [-0.2, 0) is 6.54 Å². The van der Waals surface area contributed by atoms with Crippen molar-refractivity contribution in [2.24, 2.45) is 16.3 Å². The van der Waals surface area contributed by atoms with E-state index in [1.54, 1.807) is 0 Å². The molecule has 0 spiro atoms. The molecule has 1 N–H and O–H groups in total. The summed E-state index contributed by atoms with van der Waals surface area (Å²) in [5.41, 5.74) is 1.69. The standard InChI is InChI=1S/C23H34ClN3.BrH/c1-5-20-21(24)22(25-16-27(20)15-17-9-7-6-8-10-17)26-19-13-11-18(12-14-19)23(2,3)4;/h6-10,16,18-20,26H,5,11-15H2,1-4H3;1H. The van der Waals surface area contributed by atoms with Crippen molar-refractivity contribution in [3.63, 3.8) is 0 Å². The van der Waals surface area contributed by atoms with Crippen LogP contribution in [-0.4, -0.2) is 23.3 Å². The van der Waals surface area contributed by atoms with Crippen LogP contribution in [0.2, 0.25) is 0 Å². The van der Waals surface area contributed by atoms with E-state index < -0.39 is 0 Å². The minimum absolute atomic E-state index is 0. The predicted molar refractivity (Wildman–Crippen MR) is 126 cm³/mol. The molecule has 1 aliphatic carbocycles. The second-order valence-electron chi connectivity index (χ2n) is 9.08. The number of nitrogens with one attached hydrogen (secondary N) is 1. The van der Waals surface area contributed by atoms with Crippen LogP contribution in [0.15, 0.2) is 46.2 Å². The number of benzene rings is 1. The maximum Gasteiger partial charge on any atom is 0.144 e. The average Bonchev–Trinajstić information content (AvgIpc) is 2.65. The van der Waals surface area contributed by atoms with Gasteiger partial charge in [-0.15, -0.1) is 17.0 Å². The first-order chi connectivity index (χ1) is 12.9. The van der Waals surface area contributed by atoms with E-state index in [0.717, 1.165) is 29.7 Å². The van der Waals surface area contributed by atoms with E-state index in [4.69, 9.17) is 11.6 Å². The molecule has 1 unspecified atom stereocenters. The Morgan fingerprint density at radius 3 is 2.32 bits per heavy atom. The lowest BCUT2D eigenvalue weighted by atomic mass is 9.71. The molecule has 1 heterocycles. The van der Waals surface area contributed by atoms with Crippen molar-refractivity contribution in [2.75, 3.05) is 0 Å². The van der Waals surface area contributed by atoms with Gasteiger partial charge in [0.15, 0.2) is 0 Å². The second-order valence-corrected chi connectivity index (χ2v) is 9.49. The van der Waals surface area contributed by atoms with Crippen LogP contribution >= 0.6 is 28.6 Å². The molecule has 28 heavy (non-hydrogen) atoms. The minimum Gasteiger partial charge on any atom is -0.366 e. The van der Waals surface area contributed by atoms with Crippen LogP contribution in [0.1, 0.15) is 65.4 Å². The lowest BCUT2D eigenvalue weighted by Crippen LogP contribution is -2.41. The van der Waals surface area contributed by atoms with Crippen molar-refractivity contribution < 1.29 is 0 Å². The van der Waals surface area contributed by atoms with Gasteiger partial charge in [0.2, 0.25) is 0 Å². The van der Waals surface area contributed by atoms with Crippen molar-refractivity contribution in [3.05, 3.63) is 46.7 Å². The molecule has 1 atom stereocenters. The van der Waals surface area contributed by atoms with Gasteiger partial charge in [-0.3, -0.25) is 0 Å². The topological polar surface area (TPSA) is 27.6 Å². The van der Waals surface area contributed by atoms with E-state index in [1.807, 2.05) is 12.4 Å². The van der Waals surface area contributed by atoms with Crippen molar-refractivity contribution in [3.8, 4) is 0 Å². The fourth-order valence-corrected chi connectivity index (χ4v) is 4.72. The first-order valence-corrected chi connectivity index (χ1v) is 10.8. The Bertz CT molecular complexity index is 673. The summed E-state index contributed by atoms with van der Waals surface area (Å²) < 4.78 is 0. The lowest BCUT2D eigenvalue weighted by molar-refractivity contribution is 0.163. The van der Waals surface area contributed by atoms with Crippen LogP contribution < -0.4 is 5.32 Å². The molecule has 0 saturated heterocycles. The van der Waals surface area contributed by atoms with Crippen LogP contribution in [0.5, 0.6) is 0 Å². The molecule has 1 saturated carbocycles. The van der Waals surface area contributed by atoms with E-state index in [1.165, 1.54) is 31.2 Å². The molecule has 0 aromatic heterocycles. The number of halogens is 2. The largest absolute Gasteiger partial charge is 0.366 e. The minimum atomic E-state index is 0. The molecule has 1 aromatic carbocycles. The monoisotopic (exact) mass is 467 g/mol. The maximum atomic E-state index is 6.79. The van der Waals surface area contributed by atoms with Crippen molar-refractivity contribution in [1.82, 2.24) is 10.2 Å². The SMILES string of the molecule is Br.CCC1C(Cl)=C(NC2CCC(C(C)(C)C)CC2)N=CN1Cc1ccccc1. The molecule has 0 bridgehead atoms. The quantitative estimate of drug-likeness (QED) is 0.535. The molecule has 3 nitrogen and oxygen atoms in total. The van der Waals surface area contributed by atoms with E-state index in [2.05, 4.69) is 67.2 Å². The van der Waals surface area contributed by atoms with Gasteiger partial charge in [-0.05, 0) is 49.0 Å². The Kier molecular flexibility index (Phi) is 8.44. The zero-order valence-corrected chi connectivity index (χ0v) is 20.1. The van der Waals surface area contributed by atoms with Gasteiger partial charge in [-0.25, -0.2) is 4.99 Å². The summed E-state index contributed by atoms with van der Waals surface area (Å²) in [5, 5.41) is 4.51. The first-order valence-electron chi connectivity index (χ1n) is 10.4. The fourth-order valence-electron chi connectivity index (χ4n) is 4.34. The number of nitrogens with zero attached hydrogens (tertiary/aromatic N) is 2. The Morgan fingerprint density at radius 1 is 1.11 bits per heavy atom. The molecule has 3 rings (SSSR count). The van der Waals surface area contributed by atoms with Gasteiger partial charge in [0.1, 0.15) is 5.82 Å². The molecular weight excluding hydrogens is 434 g/mol. The van der Waals surface area contributed by atoms with Crippen LogP contribution in [0.4, 0.5) is 0 Å². The van der Waals surface area contributed by atoms with Crippen LogP contribution in [0.3, 0.4) is 0 Å². The Labute approximate surface area is 186 Å². The van der Waals surface area contributed by atoms with Crippen molar-refractivity contribution >= 4 is 34.9 Å². The summed E-state index contributed by atoms with van der Waals surface area (Å²) in [7, 11) is 0. The lowest BCUT2D eigenvalue weighted by Gasteiger charge is -2.38. The highest BCUT2D eigenvalue weighted by atomic mass is 79.9. The summed E-state index contributed by atoms with van der Waals surface area (Å²) >= 11 is 6.79. The predicted octanol–water partition coefficient (Wildman–Crippen LogP) is 6.49. The third-order valence-corrected chi connectivity index (χ3v) is 6.57. The average molecular weight is 469 g/mol. The molecule has 0 amide bonds. The highest BCUT2D eigenvalue weighted by molar-refractivity contribution is 8.93. The van der Waals surface area contributed by atoms with Gasteiger partial charge in [0, 0.05) is 12.6 Å². The molecule has 0 radical (unpaired) electrons. The highest BCUT2D eigenvalue weighted by Gasteiger charge is 2.31.